The average molecular weight is 434 g/mol. The molecule has 1 aromatic heterocycles. The van der Waals surface area contributed by atoms with Crippen LogP contribution < -0.4 is 0 Å². The Bertz CT molecular complexity index is 1160. The Labute approximate surface area is 172 Å². The molecule has 1 aliphatic rings. The fourth-order valence-corrected chi connectivity index (χ4v) is 5.01. The molecule has 0 atom stereocenters. The highest BCUT2D eigenvalue weighted by atomic mass is 32.2. The maximum Gasteiger partial charge on any atom is 0.295 e. The maximum atomic E-state index is 12.8. The molecular formula is C20H20F2N4O3S. The molecule has 4 rings (SSSR count). The third-order valence-corrected chi connectivity index (χ3v) is 6.92. The molecule has 1 N–H and O–H groups in total. The first-order valence-electron chi connectivity index (χ1n) is 9.42. The lowest BCUT2D eigenvalue weighted by atomic mass is 10.1. The number of benzene rings is 2. The summed E-state index contributed by atoms with van der Waals surface area (Å²) in [6, 6.07) is 13.5. The lowest BCUT2D eigenvalue weighted by molar-refractivity contribution is 0.0698. The normalized spacial score (nSPS) is 15.8. The number of amides is 1. The third-order valence-electron chi connectivity index (χ3n) is 5.06. The monoisotopic (exact) mass is 434 g/mol. The first kappa shape index (κ1) is 20.4. The first-order valence-corrected chi connectivity index (χ1v) is 11.0. The van der Waals surface area contributed by atoms with Crippen molar-refractivity contribution in [2.75, 3.05) is 26.2 Å². The highest BCUT2D eigenvalue weighted by molar-refractivity contribution is 7.88. The molecule has 2 aromatic carbocycles. The van der Waals surface area contributed by atoms with E-state index in [4.69, 9.17) is 0 Å². The minimum atomic E-state index is -3.47. The van der Waals surface area contributed by atoms with Crippen LogP contribution in [-0.2, 0) is 15.8 Å². The highest BCUT2D eigenvalue weighted by Crippen LogP contribution is 2.22. The van der Waals surface area contributed by atoms with Gasteiger partial charge in [0, 0.05) is 31.7 Å². The van der Waals surface area contributed by atoms with Gasteiger partial charge in [0.1, 0.15) is 0 Å². The number of carbonyl (C=O) groups excluding carboxylic acids is 1. The molecule has 2 heterocycles. The second kappa shape index (κ2) is 8.11. The summed E-state index contributed by atoms with van der Waals surface area (Å²) in [4.78, 5) is 20.7. The number of fused-ring (bicyclic) bond motifs is 1. The summed E-state index contributed by atoms with van der Waals surface area (Å²) >= 11 is 0. The van der Waals surface area contributed by atoms with Gasteiger partial charge in [-0.2, -0.15) is 4.31 Å². The molecule has 1 aliphatic heterocycles. The summed E-state index contributed by atoms with van der Waals surface area (Å²) in [6.45, 7) is 0.942. The van der Waals surface area contributed by atoms with E-state index in [1.807, 2.05) is 6.07 Å². The Kier molecular flexibility index (Phi) is 5.52. The Balaban J connectivity index is 1.42. The van der Waals surface area contributed by atoms with Crippen LogP contribution in [0.25, 0.3) is 11.0 Å². The zero-order valence-electron chi connectivity index (χ0n) is 16.0. The molecule has 30 heavy (non-hydrogen) atoms. The number of rotatable bonds is 5. The van der Waals surface area contributed by atoms with E-state index >= 15 is 0 Å². The molecule has 10 heteroatoms. The van der Waals surface area contributed by atoms with Crippen molar-refractivity contribution in [2.45, 2.75) is 12.2 Å². The second-order valence-corrected chi connectivity index (χ2v) is 9.06. The number of piperazine rings is 1. The quantitative estimate of drug-likeness (QED) is 0.669. The third kappa shape index (κ3) is 4.19. The van der Waals surface area contributed by atoms with Gasteiger partial charge in [0.15, 0.2) is 5.82 Å². The number of nitrogens with zero attached hydrogens (tertiary/aromatic N) is 3. The van der Waals surface area contributed by atoms with E-state index in [0.29, 0.717) is 22.2 Å². The van der Waals surface area contributed by atoms with E-state index in [1.54, 1.807) is 35.2 Å². The smallest absolute Gasteiger partial charge is 0.295 e. The van der Waals surface area contributed by atoms with Gasteiger partial charge in [-0.05, 0) is 23.8 Å². The predicted octanol–water partition coefficient (Wildman–Crippen LogP) is 2.79. The lowest BCUT2D eigenvalue weighted by Crippen LogP contribution is -2.50. The van der Waals surface area contributed by atoms with Gasteiger partial charge in [-0.3, -0.25) is 4.79 Å². The molecule has 1 saturated heterocycles. The number of nitrogens with one attached hydrogen (secondary N) is 1. The van der Waals surface area contributed by atoms with Crippen molar-refractivity contribution < 1.29 is 22.0 Å². The van der Waals surface area contributed by atoms with Gasteiger partial charge < -0.3 is 9.88 Å². The van der Waals surface area contributed by atoms with E-state index in [1.165, 1.54) is 16.4 Å². The van der Waals surface area contributed by atoms with E-state index in [9.17, 15) is 22.0 Å². The minimum absolute atomic E-state index is 0.0786. The Hall–Kier alpha value is -2.85. The van der Waals surface area contributed by atoms with Crippen molar-refractivity contribution in [2.24, 2.45) is 0 Å². The number of hydrogen-bond donors (Lipinski definition) is 1. The molecule has 0 spiro atoms. The number of carbonyl (C=O) groups is 1. The Morgan fingerprint density at radius 1 is 1.07 bits per heavy atom. The molecule has 0 radical (unpaired) electrons. The van der Waals surface area contributed by atoms with Crippen molar-refractivity contribution in [3.8, 4) is 0 Å². The summed E-state index contributed by atoms with van der Waals surface area (Å²) in [7, 11) is -3.47. The molecule has 0 unspecified atom stereocenters. The summed E-state index contributed by atoms with van der Waals surface area (Å²) in [5.74, 6) is -0.790. The van der Waals surface area contributed by atoms with Crippen LogP contribution in [0.3, 0.4) is 0 Å². The maximum absolute atomic E-state index is 12.8. The molecule has 1 amide bonds. The molecule has 0 bridgehead atoms. The predicted molar refractivity (Wildman–Crippen MR) is 108 cm³/mol. The highest BCUT2D eigenvalue weighted by Gasteiger charge is 2.29. The largest absolute Gasteiger partial charge is 0.337 e. The zero-order valence-corrected chi connectivity index (χ0v) is 16.8. The molecule has 158 valence electrons. The lowest BCUT2D eigenvalue weighted by Gasteiger charge is -2.34. The fraction of sp³-hybridized carbons (Fsp3) is 0.300. The number of hydrogen-bond acceptors (Lipinski definition) is 4. The fourth-order valence-electron chi connectivity index (χ4n) is 3.49. The van der Waals surface area contributed by atoms with Gasteiger partial charge in [-0.1, -0.05) is 30.3 Å². The van der Waals surface area contributed by atoms with Gasteiger partial charge in [-0.25, -0.2) is 22.2 Å². The van der Waals surface area contributed by atoms with Crippen LogP contribution in [-0.4, -0.2) is 59.7 Å². The molecule has 1 fully saturated rings. The van der Waals surface area contributed by atoms with Crippen molar-refractivity contribution in [3.05, 3.63) is 65.5 Å². The van der Waals surface area contributed by atoms with Gasteiger partial charge in [-0.15, -0.1) is 0 Å². The number of alkyl halides is 2. The van der Waals surface area contributed by atoms with E-state index < -0.39 is 22.3 Å². The summed E-state index contributed by atoms with van der Waals surface area (Å²) in [5.41, 5.74) is 1.78. The Morgan fingerprint density at radius 3 is 2.43 bits per heavy atom. The topological polar surface area (TPSA) is 86.4 Å². The number of H-pyrrole nitrogens is 1. The van der Waals surface area contributed by atoms with Crippen LogP contribution in [0.2, 0.25) is 0 Å². The van der Waals surface area contributed by atoms with Crippen LogP contribution in [0.1, 0.15) is 28.2 Å². The minimum Gasteiger partial charge on any atom is -0.337 e. The SMILES string of the molecule is O=C(c1ccc2nc(C(F)F)[nH]c2c1)N1CCN(S(=O)(=O)Cc2ccccc2)CC1. The number of aromatic nitrogens is 2. The average Bonchev–Trinajstić information content (AvgIpc) is 3.17. The van der Waals surface area contributed by atoms with Crippen molar-refractivity contribution in [1.29, 1.82) is 0 Å². The van der Waals surface area contributed by atoms with Crippen LogP contribution in [0.5, 0.6) is 0 Å². The zero-order chi connectivity index (χ0) is 21.3. The first-order chi connectivity index (χ1) is 14.3. The Morgan fingerprint density at radius 2 is 1.77 bits per heavy atom. The summed E-state index contributed by atoms with van der Waals surface area (Å²) in [6.07, 6.45) is -2.72. The molecule has 0 saturated carbocycles. The van der Waals surface area contributed by atoms with E-state index in [2.05, 4.69) is 9.97 Å². The van der Waals surface area contributed by atoms with Crippen LogP contribution in [0.15, 0.2) is 48.5 Å². The molecule has 0 aliphatic carbocycles. The number of imidazole rings is 1. The van der Waals surface area contributed by atoms with Crippen LogP contribution in [0.4, 0.5) is 8.78 Å². The van der Waals surface area contributed by atoms with Crippen molar-refractivity contribution in [3.63, 3.8) is 0 Å². The van der Waals surface area contributed by atoms with Gasteiger partial charge in [0.2, 0.25) is 10.0 Å². The van der Waals surface area contributed by atoms with Crippen molar-refractivity contribution in [1.82, 2.24) is 19.2 Å². The van der Waals surface area contributed by atoms with Crippen LogP contribution >= 0.6 is 0 Å². The number of aromatic amines is 1. The standard InChI is InChI=1S/C20H20F2N4O3S/c21-18(22)19-23-16-7-6-15(12-17(16)24-19)20(27)25-8-10-26(11-9-25)30(28,29)13-14-4-2-1-3-5-14/h1-7,12,18H,8-11,13H2,(H,23,24). The number of halogens is 2. The van der Waals surface area contributed by atoms with Crippen molar-refractivity contribution >= 4 is 27.0 Å². The summed E-state index contributed by atoms with van der Waals surface area (Å²) in [5, 5.41) is 0. The van der Waals surface area contributed by atoms with Crippen LogP contribution in [0, 0.1) is 0 Å². The van der Waals surface area contributed by atoms with Gasteiger partial charge in [0.05, 0.1) is 16.8 Å². The van der Waals surface area contributed by atoms with E-state index in [-0.39, 0.29) is 37.8 Å². The molecule has 7 nitrogen and oxygen atoms in total. The number of sulfonamides is 1. The van der Waals surface area contributed by atoms with E-state index in [0.717, 1.165) is 0 Å². The van der Waals surface area contributed by atoms with Gasteiger partial charge >= 0.3 is 0 Å². The summed E-state index contributed by atoms with van der Waals surface area (Å²) < 4.78 is 52.3. The second-order valence-electron chi connectivity index (χ2n) is 7.09. The molecular weight excluding hydrogens is 414 g/mol. The molecule has 3 aromatic rings. The van der Waals surface area contributed by atoms with Gasteiger partial charge in [0.25, 0.3) is 12.3 Å².